The van der Waals surface area contributed by atoms with E-state index in [1.54, 1.807) is 0 Å². The van der Waals surface area contributed by atoms with E-state index >= 15 is 0 Å². The summed E-state index contributed by atoms with van der Waals surface area (Å²) < 4.78 is 2.05. The predicted molar refractivity (Wildman–Crippen MR) is 105 cm³/mol. The van der Waals surface area contributed by atoms with Crippen LogP contribution in [-0.2, 0) is 22.6 Å². The number of anilines is 1. The summed E-state index contributed by atoms with van der Waals surface area (Å²) in [4.78, 5) is 24.0. The van der Waals surface area contributed by atoms with Crippen LogP contribution in [0.5, 0.6) is 0 Å². The van der Waals surface area contributed by atoms with Crippen molar-refractivity contribution in [2.45, 2.75) is 59.5 Å². The van der Waals surface area contributed by atoms with Crippen LogP contribution >= 0.6 is 0 Å². The van der Waals surface area contributed by atoms with E-state index in [-0.39, 0.29) is 29.2 Å². The van der Waals surface area contributed by atoms with Crippen molar-refractivity contribution in [3.05, 3.63) is 47.3 Å². The van der Waals surface area contributed by atoms with Crippen molar-refractivity contribution in [2.75, 3.05) is 5.32 Å². The number of nitrogens with zero attached hydrogens (tertiary/aromatic N) is 2. The molecular formula is C21H28N4O2. The second-order valence-corrected chi connectivity index (χ2v) is 8.30. The van der Waals surface area contributed by atoms with Crippen LogP contribution in [0.2, 0.25) is 0 Å². The standard InChI is InChI=1S/C21H28N4O2/c1-13(16-7-6-8-17(9-16)24-15(3)26)20(27)23-14(2)18-11-22-25-12-21(4,5)10-19(18)25/h6-9,11,13-14H,10,12H2,1-5H3,(H,23,27)(H,24,26)/t13-,14?/m0/s1. The van der Waals surface area contributed by atoms with Crippen LogP contribution in [0, 0.1) is 5.41 Å². The van der Waals surface area contributed by atoms with Crippen LogP contribution < -0.4 is 10.6 Å². The highest BCUT2D eigenvalue weighted by Gasteiger charge is 2.33. The molecule has 0 fully saturated rings. The molecule has 27 heavy (non-hydrogen) atoms. The zero-order chi connectivity index (χ0) is 19.8. The summed E-state index contributed by atoms with van der Waals surface area (Å²) in [5.74, 6) is -0.489. The van der Waals surface area contributed by atoms with Crippen molar-refractivity contribution >= 4 is 17.5 Å². The normalized spacial score (nSPS) is 17.1. The average molecular weight is 368 g/mol. The number of amides is 2. The summed E-state index contributed by atoms with van der Waals surface area (Å²) in [5, 5.41) is 10.4. The largest absolute Gasteiger partial charge is 0.349 e. The van der Waals surface area contributed by atoms with Gasteiger partial charge < -0.3 is 10.6 Å². The summed E-state index contributed by atoms with van der Waals surface area (Å²) in [6.45, 7) is 10.7. The minimum absolute atomic E-state index is 0.0420. The second kappa shape index (κ2) is 7.18. The van der Waals surface area contributed by atoms with Gasteiger partial charge in [0.1, 0.15) is 0 Å². The smallest absolute Gasteiger partial charge is 0.227 e. The van der Waals surface area contributed by atoms with E-state index < -0.39 is 0 Å². The molecule has 2 aromatic rings. The molecule has 1 unspecified atom stereocenters. The van der Waals surface area contributed by atoms with Gasteiger partial charge in [-0.3, -0.25) is 14.3 Å². The number of nitrogens with one attached hydrogen (secondary N) is 2. The summed E-state index contributed by atoms with van der Waals surface area (Å²) in [7, 11) is 0. The average Bonchev–Trinajstić information content (AvgIpc) is 3.08. The molecule has 2 N–H and O–H groups in total. The van der Waals surface area contributed by atoms with Gasteiger partial charge in [-0.25, -0.2) is 0 Å². The highest BCUT2D eigenvalue weighted by Crippen LogP contribution is 2.34. The van der Waals surface area contributed by atoms with Crippen molar-refractivity contribution in [1.29, 1.82) is 0 Å². The molecule has 2 atom stereocenters. The number of hydrogen-bond acceptors (Lipinski definition) is 3. The zero-order valence-electron chi connectivity index (χ0n) is 16.7. The predicted octanol–water partition coefficient (Wildman–Crippen LogP) is 3.40. The van der Waals surface area contributed by atoms with Gasteiger partial charge in [0.05, 0.1) is 18.2 Å². The van der Waals surface area contributed by atoms with Crippen molar-refractivity contribution in [1.82, 2.24) is 15.1 Å². The number of benzene rings is 1. The first-order valence-electron chi connectivity index (χ1n) is 9.39. The molecule has 6 nitrogen and oxygen atoms in total. The maximum Gasteiger partial charge on any atom is 0.227 e. The maximum atomic E-state index is 12.8. The Morgan fingerprint density at radius 3 is 2.70 bits per heavy atom. The Hall–Kier alpha value is -2.63. The fourth-order valence-electron chi connectivity index (χ4n) is 3.69. The molecule has 3 rings (SSSR count). The van der Waals surface area contributed by atoms with Gasteiger partial charge in [0.2, 0.25) is 11.8 Å². The molecule has 1 aromatic carbocycles. The van der Waals surface area contributed by atoms with Gasteiger partial charge in [0.25, 0.3) is 0 Å². The lowest BCUT2D eigenvalue weighted by Gasteiger charge is -2.19. The first-order chi connectivity index (χ1) is 12.7. The van der Waals surface area contributed by atoms with Crippen LogP contribution in [-0.4, -0.2) is 21.6 Å². The molecule has 0 saturated carbocycles. The Kier molecular flexibility index (Phi) is 5.09. The molecule has 1 aliphatic heterocycles. The Morgan fingerprint density at radius 1 is 1.26 bits per heavy atom. The fraction of sp³-hybridized carbons (Fsp3) is 0.476. The summed E-state index contributed by atoms with van der Waals surface area (Å²) in [5.41, 5.74) is 4.08. The molecule has 0 spiro atoms. The molecule has 144 valence electrons. The molecule has 0 saturated heterocycles. The van der Waals surface area contributed by atoms with Crippen LogP contribution in [0.1, 0.15) is 63.4 Å². The molecular weight excluding hydrogens is 340 g/mol. The molecule has 2 amide bonds. The summed E-state index contributed by atoms with van der Waals surface area (Å²) >= 11 is 0. The molecule has 0 bridgehead atoms. The first-order valence-corrected chi connectivity index (χ1v) is 9.39. The van der Waals surface area contributed by atoms with Crippen LogP contribution in [0.4, 0.5) is 5.69 Å². The topological polar surface area (TPSA) is 76.0 Å². The Morgan fingerprint density at radius 2 is 2.00 bits per heavy atom. The van der Waals surface area contributed by atoms with Crippen LogP contribution in [0.25, 0.3) is 0 Å². The lowest BCUT2D eigenvalue weighted by Crippen LogP contribution is -2.31. The lowest BCUT2D eigenvalue weighted by atomic mass is 9.89. The highest BCUT2D eigenvalue weighted by atomic mass is 16.2. The maximum absolute atomic E-state index is 12.8. The van der Waals surface area contributed by atoms with Gasteiger partial charge in [-0.15, -0.1) is 0 Å². The molecule has 6 heteroatoms. The third kappa shape index (κ3) is 4.21. The minimum Gasteiger partial charge on any atom is -0.349 e. The number of fused-ring (bicyclic) bond motifs is 1. The molecule has 1 aliphatic rings. The van der Waals surface area contributed by atoms with Gasteiger partial charge >= 0.3 is 0 Å². The molecule has 1 aromatic heterocycles. The van der Waals surface area contributed by atoms with Crippen molar-refractivity contribution in [3.8, 4) is 0 Å². The van der Waals surface area contributed by atoms with E-state index in [1.165, 1.54) is 12.6 Å². The lowest BCUT2D eigenvalue weighted by molar-refractivity contribution is -0.122. The summed E-state index contributed by atoms with van der Waals surface area (Å²) in [6.07, 6.45) is 2.84. The quantitative estimate of drug-likeness (QED) is 0.849. The second-order valence-electron chi connectivity index (χ2n) is 8.30. The number of carbonyl (C=O) groups is 2. The number of carbonyl (C=O) groups excluding carboxylic acids is 2. The van der Waals surface area contributed by atoms with E-state index in [4.69, 9.17) is 0 Å². The van der Waals surface area contributed by atoms with Gasteiger partial charge in [-0.05, 0) is 43.4 Å². The van der Waals surface area contributed by atoms with Crippen LogP contribution in [0.15, 0.2) is 30.5 Å². The van der Waals surface area contributed by atoms with E-state index in [0.29, 0.717) is 5.69 Å². The van der Waals surface area contributed by atoms with E-state index in [0.717, 1.165) is 24.1 Å². The third-order valence-corrected chi connectivity index (χ3v) is 5.13. The molecule has 0 aliphatic carbocycles. The van der Waals surface area contributed by atoms with Crippen molar-refractivity contribution in [2.24, 2.45) is 5.41 Å². The van der Waals surface area contributed by atoms with E-state index in [2.05, 4.69) is 34.3 Å². The van der Waals surface area contributed by atoms with E-state index in [9.17, 15) is 9.59 Å². The monoisotopic (exact) mass is 368 g/mol. The van der Waals surface area contributed by atoms with E-state index in [1.807, 2.05) is 44.3 Å². The third-order valence-electron chi connectivity index (χ3n) is 5.13. The van der Waals surface area contributed by atoms with Gasteiger partial charge in [0, 0.05) is 30.4 Å². The SMILES string of the molecule is CC(=O)Nc1cccc([C@H](C)C(=O)NC(C)c2cnn3c2CC(C)(C)C3)c1. The van der Waals surface area contributed by atoms with Crippen LogP contribution in [0.3, 0.4) is 0 Å². The van der Waals surface area contributed by atoms with Gasteiger partial charge in [0.15, 0.2) is 0 Å². The highest BCUT2D eigenvalue weighted by molar-refractivity contribution is 5.89. The number of hydrogen-bond donors (Lipinski definition) is 2. The van der Waals surface area contributed by atoms with Gasteiger partial charge in [-0.2, -0.15) is 5.10 Å². The fourth-order valence-corrected chi connectivity index (χ4v) is 3.69. The minimum atomic E-state index is -0.318. The zero-order valence-corrected chi connectivity index (χ0v) is 16.7. The Labute approximate surface area is 160 Å². The first kappa shape index (κ1) is 19.1. The number of aromatic nitrogens is 2. The van der Waals surface area contributed by atoms with Crippen molar-refractivity contribution < 1.29 is 9.59 Å². The summed E-state index contributed by atoms with van der Waals surface area (Å²) in [6, 6.07) is 7.31. The van der Waals surface area contributed by atoms with Gasteiger partial charge in [-0.1, -0.05) is 26.0 Å². The van der Waals surface area contributed by atoms with Crippen molar-refractivity contribution in [3.63, 3.8) is 0 Å². The molecule has 0 radical (unpaired) electrons. The Balaban J connectivity index is 1.70. The Bertz CT molecular complexity index is 869. The number of rotatable bonds is 5. The molecule has 2 heterocycles.